The first kappa shape index (κ1) is 16.9. The summed E-state index contributed by atoms with van der Waals surface area (Å²) in [7, 11) is 0. The van der Waals surface area contributed by atoms with E-state index in [4.69, 9.17) is 16.9 Å². The molecule has 0 aliphatic carbocycles. The van der Waals surface area contributed by atoms with Gasteiger partial charge in [-0.05, 0) is 42.2 Å². The smallest absolute Gasteiger partial charge is 0.310 e. The fourth-order valence-corrected chi connectivity index (χ4v) is 2.81. The van der Waals surface area contributed by atoms with Gasteiger partial charge in [-0.25, -0.2) is 4.98 Å². The first-order chi connectivity index (χ1) is 12.1. The molecule has 1 amide bonds. The molecule has 1 N–H and O–H groups in total. The Kier molecular flexibility index (Phi) is 5.25. The minimum Gasteiger partial charge on any atom is -0.310 e. The van der Waals surface area contributed by atoms with E-state index in [-0.39, 0.29) is 11.8 Å². The van der Waals surface area contributed by atoms with Gasteiger partial charge in [-0.2, -0.15) is 5.26 Å². The van der Waals surface area contributed by atoms with Crippen molar-refractivity contribution in [3.63, 3.8) is 0 Å². The summed E-state index contributed by atoms with van der Waals surface area (Å²) in [4.78, 5) is 16.5. The van der Waals surface area contributed by atoms with Crippen LogP contribution in [0.2, 0.25) is 5.02 Å². The quantitative estimate of drug-likeness (QED) is 0.860. The Hall–Kier alpha value is -2.93. The van der Waals surface area contributed by atoms with Gasteiger partial charge < -0.3 is 5.32 Å². The fourth-order valence-electron chi connectivity index (χ4n) is 2.60. The fraction of sp³-hybridized carbons (Fsp3) is 0.211. The van der Waals surface area contributed by atoms with E-state index < -0.39 is 0 Å². The number of carbonyl (C=O) groups excluding carboxylic acids is 1. The average Bonchev–Trinajstić information content (AvgIpc) is 2.63. The highest BCUT2D eigenvalue weighted by atomic mass is 35.5. The predicted molar refractivity (Wildman–Crippen MR) is 98.7 cm³/mol. The number of carbonyl (C=O) groups is 1. The number of hydrogen-bond acceptors (Lipinski definition) is 3. The monoisotopic (exact) mass is 351 g/mol. The molecule has 1 atom stereocenters. The summed E-state index contributed by atoms with van der Waals surface area (Å²) in [6, 6.07) is 13.4. The molecule has 1 aliphatic heterocycles. The first-order valence-electron chi connectivity index (χ1n) is 7.94. The van der Waals surface area contributed by atoms with Gasteiger partial charge in [0.1, 0.15) is 11.7 Å². The highest BCUT2D eigenvalue weighted by Crippen LogP contribution is 2.16. The third-order valence-electron chi connectivity index (χ3n) is 3.94. The number of hydrogen-bond donors (Lipinski definition) is 1. The zero-order valence-electron chi connectivity index (χ0n) is 13.4. The summed E-state index contributed by atoms with van der Waals surface area (Å²) in [6.45, 7) is 0. The third kappa shape index (κ3) is 4.54. The van der Waals surface area contributed by atoms with Crippen LogP contribution in [-0.4, -0.2) is 22.8 Å². The Bertz CT molecular complexity index is 892. The van der Waals surface area contributed by atoms with Gasteiger partial charge in [-0.3, -0.25) is 4.79 Å². The zero-order valence-corrected chi connectivity index (χ0v) is 14.2. The summed E-state index contributed by atoms with van der Waals surface area (Å²) in [5.41, 5.74) is 2.61. The van der Waals surface area contributed by atoms with Crippen LogP contribution in [0.15, 0.2) is 42.6 Å². The molecule has 1 aromatic carbocycles. The zero-order chi connectivity index (χ0) is 17.6. The normalized spacial score (nSPS) is 16.0. The van der Waals surface area contributed by atoms with Crippen LogP contribution in [0.5, 0.6) is 0 Å². The van der Waals surface area contributed by atoms with E-state index in [1.165, 1.54) is 6.21 Å². The molecule has 5 nitrogen and oxygen atoms in total. The topological polar surface area (TPSA) is 79.9 Å². The molecule has 0 bridgehead atoms. The second-order valence-electron chi connectivity index (χ2n) is 5.83. The maximum Gasteiger partial charge on any atom is 0.379 e. The van der Waals surface area contributed by atoms with Crippen molar-refractivity contribution in [3.05, 3.63) is 58.7 Å². The molecule has 0 saturated carbocycles. The predicted octanol–water partition coefficient (Wildman–Crippen LogP) is 2.78. The SMILES string of the molecule is N#CC1=[N+]=CC(C(=O)Nc2ccc(Cc3cccc(Cl)c3)cn2)CC1. The van der Waals surface area contributed by atoms with Crippen molar-refractivity contribution in [2.75, 3.05) is 5.32 Å². The van der Waals surface area contributed by atoms with Gasteiger partial charge in [0.15, 0.2) is 6.07 Å². The Morgan fingerprint density at radius 1 is 1.36 bits per heavy atom. The minimum atomic E-state index is -0.329. The van der Waals surface area contributed by atoms with Gasteiger partial charge in [0.05, 0.1) is 6.42 Å². The number of aromatic nitrogens is 1. The molecule has 3 rings (SSSR count). The van der Waals surface area contributed by atoms with Gasteiger partial charge in [0.2, 0.25) is 5.91 Å². The van der Waals surface area contributed by atoms with Gasteiger partial charge >= 0.3 is 5.71 Å². The number of rotatable bonds is 4. The number of amides is 1. The lowest BCUT2D eigenvalue weighted by Crippen LogP contribution is -2.28. The second kappa shape index (κ2) is 7.76. The second-order valence-corrected chi connectivity index (χ2v) is 6.27. The summed E-state index contributed by atoms with van der Waals surface area (Å²) >= 11 is 5.99. The number of nitrogens with one attached hydrogen (secondary N) is 1. The molecule has 25 heavy (non-hydrogen) atoms. The average molecular weight is 352 g/mol. The van der Waals surface area contributed by atoms with Crippen molar-refractivity contribution in [2.45, 2.75) is 19.3 Å². The van der Waals surface area contributed by atoms with E-state index in [0.29, 0.717) is 29.4 Å². The Morgan fingerprint density at radius 2 is 2.24 bits per heavy atom. The Balaban J connectivity index is 1.62. The van der Waals surface area contributed by atoms with Crippen molar-refractivity contribution in [2.24, 2.45) is 5.92 Å². The number of pyridine rings is 1. The highest BCUT2D eigenvalue weighted by Gasteiger charge is 2.27. The van der Waals surface area contributed by atoms with Gasteiger partial charge in [-0.1, -0.05) is 34.5 Å². The molecule has 124 valence electrons. The molecule has 2 heterocycles. The number of nitrogens with zero attached hydrogens (tertiary/aromatic N) is 3. The summed E-state index contributed by atoms with van der Waals surface area (Å²) < 4.78 is 4.00. The Morgan fingerprint density at radius 3 is 2.88 bits per heavy atom. The molecule has 0 spiro atoms. The first-order valence-corrected chi connectivity index (χ1v) is 8.32. The van der Waals surface area contributed by atoms with Crippen molar-refractivity contribution in [3.8, 4) is 6.07 Å². The van der Waals surface area contributed by atoms with Gasteiger partial charge in [-0.15, -0.1) is 0 Å². The molecule has 2 aromatic rings. The van der Waals surface area contributed by atoms with E-state index >= 15 is 0 Å². The van der Waals surface area contributed by atoms with Crippen LogP contribution in [-0.2, 0) is 11.2 Å². The van der Waals surface area contributed by atoms with Crippen molar-refractivity contribution in [1.29, 1.82) is 5.26 Å². The number of halogens is 1. The van der Waals surface area contributed by atoms with Crippen LogP contribution in [0.1, 0.15) is 24.0 Å². The molecule has 6 heteroatoms. The molecule has 1 aliphatic rings. The number of anilines is 1. The van der Waals surface area contributed by atoms with Crippen molar-refractivity contribution in [1.82, 2.24) is 9.65 Å². The van der Waals surface area contributed by atoms with Crippen LogP contribution in [0, 0.1) is 17.2 Å². The van der Waals surface area contributed by atoms with Gasteiger partial charge in [0, 0.05) is 11.2 Å². The molecule has 1 aromatic heterocycles. The number of benzene rings is 1. The molecular formula is C19H16ClN4O+. The lowest BCUT2D eigenvalue weighted by molar-refractivity contribution is -0.118. The molecule has 0 saturated heterocycles. The minimum absolute atomic E-state index is 0.157. The summed E-state index contributed by atoms with van der Waals surface area (Å²) in [5, 5.41) is 12.3. The van der Waals surface area contributed by atoms with Crippen molar-refractivity contribution < 1.29 is 4.79 Å². The van der Waals surface area contributed by atoms with E-state index in [0.717, 1.165) is 17.5 Å². The third-order valence-corrected chi connectivity index (χ3v) is 4.18. The lowest BCUT2D eigenvalue weighted by atomic mass is 10.00. The van der Waals surface area contributed by atoms with E-state index in [9.17, 15) is 4.79 Å². The molecule has 0 radical (unpaired) electrons. The standard InChI is InChI=1S/C19H15ClN4O/c20-16-3-1-2-13(9-16)8-14-4-7-18(23-11-14)24-19(25)15-5-6-17(10-21)22-12-15/h1-4,7,9,11-12,15H,5-6,8H2/p+1. The van der Waals surface area contributed by atoms with Crippen LogP contribution >= 0.6 is 11.6 Å². The van der Waals surface area contributed by atoms with E-state index in [1.54, 1.807) is 12.3 Å². The maximum absolute atomic E-state index is 12.2. The largest absolute Gasteiger partial charge is 0.379 e. The lowest BCUT2D eigenvalue weighted by Gasteiger charge is -2.09. The van der Waals surface area contributed by atoms with Gasteiger partial charge in [0.25, 0.3) is 6.21 Å². The maximum atomic E-state index is 12.2. The molecule has 1 unspecified atom stereocenters. The van der Waals surface area contributed by atoms with Crippen LogP contribution < -0.4 is 9.98 Å². The van der Waals surface area contributed by atoms with Crippen LogP contribution in [0.25, 0.3) is 0 Å². The van der Waals surface area contributed by atoms with Crippen LogP contribution in [0.3, 0.4) is 0 Å². The summed E-state index contributed by atoms with van der Waals surface area (Å²) in [5.74, 6) is 0.0178. The molecule has 0 fully saturated rings. The van der Waals surface area contributed by atoms with Crippen LogP contribution in [0.4, 0.5) is 5.82 Å². The number of nitriles is 1. The van der Waals surface area contributed by atoms with Crippen molar-refractivity contribution >= 4 is 35.3 Å². The van der Waals surface area contributed by atoms with E-state index in [1.807, 2.05) is 36.4 Å². The van der Waals surface area contributed by atoms with E-state index in [2.05, 4.69) is 15.0 Å². The highest BCUT2D eigenvalue weighted by molar-refractivity contribution is 6.30. The summed E-state index contributed by atoms with van der Waals surface area (Å²) in [6.07, 6.45) is 5.12. The Labute approximate surface area is 150 Å². The molecular weight excluding hydrogens is 336 g/mol.